The van der Waals surface area contributed by atoms with Crippen molar-refractivity contribution < 1.29 is 58.0 Å². The summed E-state index contributed by atoms with van der Waals surface area (Å²) >= 11 is 0. The highest BCUT2D eigenvalue weighted by Crippen LogP contribution is 2.29. The third-order valence-corrected chi connectivity index (χ3v) is 7.82. The highest BCUT2D eigenvalue weighted by molar-refractivity contribution is 6.63. The second kappa shape index (κ2) is 18.0. The molecule has 14 nitrogen and oxygen atoms in total. The molecule has 0 spiro atoms. The summed E-state index contributed by atoms with van der Waals surface area (Å²) in [7, 11) is -2.18. The first kappa shape index (κ1) is 40.8. The van der Waals surface area contributed by atoms with Crippen molar-refractivity contribution in [2.24, 2.45) is 17.6 Å². The molecule has 17 heteroatoms. The summed E-state index contributed by atoms with van der Waals surface area (Å²) in [5.74, 6) is 0.235. The minimum atomic E-state index is -1.12. The lowest BCUT2D eigenvalue weighted by molar-refractivity contribution is -0.264. The van der Waals surface area contributed by atoms with Crippen LogP contribution >= 0.6 is 12.4 Å². The van der Waals surface area contributed by atoms with Crippen molar-refractivity contribution in [2.75, 3.05) is 52.7 Å². The number of aliphatic hydroxyl groups is 2. The van der Waals surface area contributed by atoms with Gasteiger partial charge in [0.2, 0.25) is 0 Å². The van der Waals surface area contributed by atoms with E-state index >= 15 is 0 Å². The van der Waals surface area contributed by atoms with Gasteiger partial charge in [-0.15, -0.1) is 12.4 Å². The summed E-state index contributed by atoms with van der Waals surface area (Å²) in [5.41, 5.74) is 7.76. The number of hydrogen-bond acceptors (Lipinski definition) is 13. The molecule has 0 radical (unpaired) electrons. The van der Waals surface area contributed by atoms with E-state index in [1.54, 1.807) is 39.0 Å². The quantitative estimate of drug-likeness (QED) is 0.177. The van der Waals surface area contributed by atoms with Gasteiger partial charge in [-0.3, -0.25) is 0 Å². The summed E-state index contributed by atoms with van der Waals surface area (Å²) in [6.45, 7) is 11.0. The molecular weight excluding hydrogens is 661 g/mol. The van der Waals surface area contributed by atoms with E-state index in [9.17, 15) is 14.8 Å². The molecule has 1 saturated heterocycles. The molecule has 272 valence electrons. The molecule has 3 aliphatic rings. The predicted octanol–water partition coefficient (Wildman–Crippen LogP) is 0.554. The van der Waals surface area contributed by atoms with E-state index < -0.39 is 37.8 Å². The van der Waals surface area contributed by atoms with Crippen molar-refractivity contribution in [3.8, 4) is 11.5 Å². The van der Waals surface area contributed by atoms with Gasteiger partial charge >= 0.3 is 20.3 Å². The van der Waals surface area contributed by atoms with Crippen LogP contribution in [0.3, 0.4) is 0 Å². The Bertz CT molecular complexity index is 1350. The van der Waals surface area contributed by atoms with Gasteiger partial charge < -0.3 is 64.3 Å². The summed E-state index contributed by atoms with van der Waals surface area (Å²) in [5, 5.41) is 41.0. The molecular formula is C32H49B2ClN2O12. The molecule has 0 bridgehead atoms. The lowest BCUT2D eigenvalue weighted by atomic mass is 9.78. The van der Waals surface area contributed by atoms with Crippen molar-refractivity contribution in [3.05, 3.63) is 47.5 Å². The van der Waals surface area contributed by atoms with Gasteiger partial charge in [0.05, 0.1) is 51.8 Å². The van der Waals surface area contributed by atoms with E-state index in [2.05, 4.69) is 5.32 Å². The maximum Gasteiger partial charge on any atom is 0.495 e. The molecule has 7 N–H and O–H groups in total. The van der Waals surface area contributed by atoms with Crippen LogP contribution in [0.2, 0.25) is 0 Å². The van der Waals surface area contributed by atoms with Crippen LogP contribution in [0.5, 0.6) is 11.5 Å². The van der Waals surface area contributed by atoms with Crippen molar-refractivity contribution in [1.82, 2.24) is 5.32 Å². The minimum absolute atomic E-state index is 0. The van der Waals surface area contributed by atoms with E-state index in [1.165, 1.54) is 0 Å². The summed E-state index contributed by atoms with van der Waals surface area (Å²) in [4.78, 5) is 11.9. The van der Waals surface area contributed by atoms with Crippen LogP contribution in [0, 0.1) is 11.8 Å². The Hall–Kier alpha value is -2.63. The maximum absolute atomic E-state index is 11.9. The smallest absolute Gasteiger partial charge is 0.493 e. The van der Waals surface area contributed by atoms with Crippen LogP contribution in [0.25, 0.3) is 0 Å². The van der Waals surface area contributed by atoms with E-state index in [-0.39, 0.29) is 63.3 Å². The molecule has 3 aliphatic heterocycles. The summed E-state index contributed by atoms with van der Waals surface area (Å²) in [6.07, 6.45) is -1.35. The summed E-state index contributed by atoms with van der Waals surface area (Å²) in [6, 6.07) is 10.8. The van der Waals surface area contributed by atoms with Gasteiger partial charge in [0.25, 0.3) is 0 Å². The topological polar surface area (TPSA) is 201 Å². The largest absolute Gasteiger partial charge is 0.495 e. The Morgan fingerprint density at radius 1 is 0.959 bits per heavy atom. The first-order valence-corrected chi connectivity index (χ1v) is 16.1. The second-order valence-electron chi connectivity index (χ2n) is 13.3. The normalized spacial score (nSPS) is 19.7. The van der Waals surface area contributed by atoms with Gasteiger partial charge in [0.15, 0.2) is 5.79 Å². The number of nitrogens with two attached hydrogens (primary N) is 1. The molecule has 2 atom stereocenters. The fourth-order valence-electron chi connectivity index (χ4n) is 5.29. The third-order valence-electron chi connectivity index (χ3n) is 7.82. The number of carbonyl (C=O) groups is 1. The molecule has 2 aromatic carbocycles. The second-order valence-corrected chi connectivity index (χ2v) is 13.3. The molecule has 0 aromatic heterocycles. The number of alkyl carbamates (subject to hydrolysis) is 1. The fraction of sp³-hybridized carbons (Fsp3) is 0.594. The number of benzene rings is 2. The van der Waals surface area contributed by atoms with Crippen LogP contribution < -0.4 is 31.4 Å². The van der Waals surface area contributed by atoms with Gasteiger partial charge in [-0.2, -0.15) is 0 Å². The Morgan fingerprint density at radius 2 is 1.49 bits per heavy atom. The van der Waals surface area contributed by atoms with Crippen molar-refractivity contribution in [2.45, 2.75) is 58.2 Å². The van der Waals surface area contributed by atoms with E-state index in [0.29, 0.717) is 42.2 Å². The molecule has 0 saturated carbocycles. The predicted molar refractivity (Wildman–Crippen MR) is 184 cm³/mol. The number of rotatable bonds is 11. The zero-order valence-corrected chi connectivity index (χ0v) is 29.4. The van der Waals surface area contributed by atoms with Gasteiger partial charge in [-0.05, 0) is 57.9 Å². The van der Waals surface area contributed by atoms with Gasteiger partial charge in [-0.25, -0.2) is 4.79 Å². The molecule has 5 rings (SSSR count). The Labute approximate surface area is 294 Å². The van der Waals surface area contributed by atoms with E-state index in [4.69, 9.17) is 48.9 Å². The highest BCUT2D eigenvalue weighted by atomic mass is 35.5. The lowest BCUT2D eigenvalue weighted by Crippen LogP contribution is -2.41. The average molecular weight is 711 g/mol. The van der Waals surface area contributed by atoms with Crippen LogP contribution in [0.4, 0.5) is 4.79 Å². The maximum atomic E-state index is 11.9. The van der Waals surface area contributed by atoms with Crippen molar-refractivity contribution in [3.63, 3.8) is 0 Å². The number of halogens is 1. The highest BCUT2D eigenvalue weighted by Gasteiger charge is 2.39. The van der Waals surface area contributed by atoms with Crippen LogP contribution in [-0.2, 0) is 23.5 Å². The van der Waals surface area contributed by atoms with Crippen LogP contribution in [0.15, 0.2) is 36.4 Å². The minimum Gasteiger partial charge on any atom is -0.493 e. The van der Waals surface area contributed by atoms with E-state index in [1.807, 2.05) is 32.0 Å². The van der Waals surface area contributed by atoms with Gasteiger partial charge in [0, 0.05) is 35.9 Å². The lowest BCUT2D eigenvalue weighted by Gasteiger charge is -2.34. The molecule has 2 aromatic rings. The van der Waals surface area contributed by atoms with Crippen molar-refractivity contribution >= 4 is 43.7 Å². The Kier molecular flexibility index (Phi) is 15.0. The third kappa shape index (κ3) is 11.2. The number of nitrogens with one attached hydrogen (secondary N) is 1. The standard InChI is InChI=1S/C20H30BNO7.C12H18BNO5.ClH/c1-19(2,3)28-18(23)22-9-16-14-7-6-8-15(17(14)21(24)29-16)25-10-13-11-26-20(4,5)27-12-13;14-4-11-9-2-1-3-10(12(9)13(17)19-11)18-7-8(5-15)6-16;/h6-8,13,16,24H,9-12H2,1-5H3,(H,22,23);1-3,8,11,15-17H,4-7,14H2;1H. The summed E-state index contributed by atoms with van der Waals surface area (Å²) < 4.78 is 39.0. The first-order valence-electron chi connectivity index (χ1n) is 16.1. The molecule has 1 fully saturated rings. The monoisotopic (exact) mass is 710 g/mol. The number of hydrogen-bond donors (Lipinski definition) is 6. The first-order chi connectivity index (χ1) is 22.7. The molecule has 49 heavy (non-hydrogen) atoms. The number of fused-ring (bicyclic) bond motifs is 2. The Balaban J connectivity index is 0.000000283. The number of aliphatic hydroxyl groups excluding tert-OH is 2. The zero-order chi connectivity index (χ0) is 35.1. The van der Waals surface area contributed by atoms with Crippen LogP contribution in [0.1, 0.15) is 58.0 Å². The molecule has 3 heterocycles. The molecule has 1 amide bonds. The average Bonchev–Trinajstić information content (AvgIpc) is 3.55. The SMILES string of the molecule is CC(C)(C)OC(=O)NCC1OB(O)c2c(OCC3COC(C)(C)OC3)cccc21.Cl.NCC1OB(O)c2c(OCC(CO)CO)cccc21. The fourth-order valence-corrected chi connectivity index (χ4v) is 5.29. The number of amides is 1. The van der Waals surface area contributed by atoms with Gasteiger partial charge in [-0.1, -0.05) is 24.3 Å². The van der Waals surface area contributed by atoms with Crippen molar-refractivity contribution in [1.29, 1.82) is 0 Å². The Morgan fingerprint density at radius 3 is 2.02 bits per heavy atom. The number of carbonyl (C=O) groups excluding carboxylic acids is 1. The molecule has 2 unspecified atom stereocenters. The zero-order valence-electron chi connectivity index (χ0n) is 28.6. The van der Waals surface area contributed by atoms with Gasteiger partial charge in [0.1, 0.15) is 17.1 Å². The molecule has 0 aliphatic carbocycles. The van der Waals surface area contributed by atoms with E-state index in [0.717, 1.165) is 11.1 Å². The number of ether oxygens (including phenoxy) is 5. The van der Waals surface area contributed by atoms with Crippen LogP contribution in [-0.4, -0.2) is 105 Å².